The van der Waals surface area contributed by atoms with Gasteiger partial charge in [0.2, 0.25) is 5.92 Å². The van der Waals surface area contributed by atoms with Crippen molar-refractivity contribution in [3.63, 3.8) is 0 Å². The van der Waals surface area contributed by atoms with Crippen LogP contribution in [0.5, 0.6) is 0 Å². The zero-order valence-corrected chi connectivity index (χ0v) is 9.66. The molecule has 0 N–H and O–H groups in total. The van der Waals surface area contributed by atoms with Crippen molar-refractivity contribution < 1.29 is 8.78 Å². The topological polar surface area (TPSA) is 30.2 Å². The maximum Gasteiger partial charge on any atom is 0.248 e. The summed E-state index contributed by atoms with van der Waals surface area (Å²) in [6, 6.07) is 3.43. The van der Waals surface area contributed by atoms with E-state index in [0.717, 1.165) is 5.69 Å². The molecular weight excluding hydrogens is 248 g/mol. The average Bonchev–Trinajstić information content (AvgIpc) is 2.63. The van der Waals surface area contributed by atoms with Crippen molar-refractivity contribution in [1.29, 1.82) is 0 Å². The highest BCUT2D eigenvalue weighted by molar-refractivity contribution is 6.29. The molecule has 0 saturated heterocycles. The Bertz CT molecular complexity index is 559. The van der Waals surface area contributed by atoms with Crippen molar-refractivity contribution in [2.24, 2.45) is 5.92 Å². The summed E-state index contributed by atoms with van der Waals surface area (Å²) in [7, 11) is 0. The fourth-order valence-corrected chi connectivity index (χ4v) is 2.51. The average molecular weight is 258 g/mol. The van der Waals surface area contributed by atoms with Crippen LogP contribution in [0.4, 0.5) is 8.78 Å². The molecule has 0 atom stereocenters. The van der Waals surface area contributed by atoms with E-state index < -0.39 is 5.92 Å². The number of fused-ring (bicyclic) bond motifs is 1. The second kappa shape index (κ2) is 3.63. The van der Waals surface area contributed by atoms with Gasteiger partial charge in [0.1, 0.15) is 5.15 Å². The normalized spacial score (nSPS) is 19.5. The van der Waals surface area contributed by atoms with E-state index in [-0.39, 0.29) is 18.8 Å². The third-order valence-electron chi connectivity index (χ3n) is 3.04. The molecule has 2 heterocycles. The number of hydrogen-bond donors (Lipinski definition) is 0. The Balaban J connectivity index is 1.82. The van der Waals surface area contributed by atoms with Crippen molar-refractivity contribution in [3.05, 3.63) is 29.2 Å². The van der Waals surface area contributed by atoms with Gasteiger partial charge in [0.05, 0.1) is 6.20 Å². The molecule has 0 aromatic carbocycles. The van der Waals surface area contributed by atoms with E-state index in [1.165, 1.54) is 4.52 Å². The first-order valence-corrected chi connectivity index (χ1v) is 5.78. The Morgan fingerprint density at radius 2 is 2.24 bits per heavy atom. The quantitative estimate of drug-likeness (QED) is 0.775. The zero-order chi connectivity index (χ0) is 12.0. The zero-order valence-electron chi connectivity index (χ0n) is 8.91. The second-order valence-electron chi connectivity index (χ2n) is 4.51. The molecule has 90 valence electrons. The smallest absolute Gasteiger partial charge is 0.233 e. The van der Waals surface area contributed by atoms with Crippen molar-refractivity contribution in [1.82, 2.24) is 14.6 Å². The summed E-state index contributed by atoms with van der Waals surface area (Å²) in [4.78, 5) is 4.34. The third-order valence-corrected chi connectivity index (χ3v) is 3.31. The van der Waals surface area contributed by atoms with Gasteiger partial charge in [-0.05, 0) is 18.4 Å². The van der Waals surface area contributed by atoms with E-state index in [0.29, 0.717) is 17.2 Å². The van der Waals surface area contributed by atoms with Gasteiger partial charge < -0.3 is 0 Å². The highest BCUT2D eigenvalue weighted by Crippen LogP contribution is 2.43. The molecule has 0 amide bonds. The summed E-state index contributed by atoms with van der Waals surface area (Å²) < 4.78 is 26.9. The molecule has 2 aromatic rings. The van der Waals surface area contributed by atoms with E-state index in [2.05, 4.69) is 10.1 Å². The Hall–Kier alpha value is -1.23. The highest BCUT2D eigenvalue weighted by atomic mass is 35.5. The molecule has 1 aliphatic rings. The van der Waals surface area contributed by atoms with Crippen LogP contribution >= 0.6 is 11.6 Å². The monoisotopic (exact) mass is 257 g/mol. The van der Waals surface area contributed by atoms with Gasteiger partial charge in [0.25, 0.3) is 0 Å². The fraction of sp³-hybridized carbons (Fsp3) is 0.455. The van der Waals surface area contributed by atoms with Crippen LogP contribution in [0.15, 0.2) is 18.3 Å². The van der Waals surface area contributed by atoms with E-state index in [9.17, 15) is 8.78 Å². The third kappa shape index (κ3) is 1.99. The molecule has 2 aromatic heterocycles. The first kappa shape index (κ1) is 10.9. The SMILES string of the molecule is FC1(F)CC(Cc2cc(Cl)n3nccc3n2)C1. The van der Waals surface area contributed by atoms with Gasteiger partial charge in [0.15, 0.2) is 5.65 Å². The lowest BCUT2D eigenvalue weighted by Crippen LogP contribution is -2.36. The van der Waals surface area contributed by atoms with E-state index >= 15 is 0 Å². The lowest BCUT2D eigenvalue weighted by Gasteiger charge is -2.34. The number of aromatic nitrogens is 3. The van der Waals surface area contributed by atoms with E-state index in [1.807, 2.05) is 0 Å². The van der Waals surface area contributed by atoms with Crippen molar-refractivity contribution in [2.45, 2.75) is 25.2 Å². The summed E-state index contributed by atoms with van der Waals surface area (Å²) in [6.07, 6.45) is 2.07. The van der Waals surface area contributed by atoms with Crippen LogP contribution in [0, 0.1) is 5.92 Å². The Morgan fingerprint density at radius 3 is 2.94 bits per heavy atom. The molecule has 0 unspecified atom stereocenters. The van der Waals surface area contributed by atoms with Gasteiger partial charge in [-0.3, -0.25) is 0 Å². The van der Waals surface area contributed by atoms with E-state index in [4.69, 9.17) is 11.6 Å². The lowest BCUT2D eigenvalue weighted by molar-refractivity contribution is -0.109. The number of hydrogen-bond acceptors (Lipinski definition) is 2. The molecule has 0 spiro atoms. The van der Waals surface area contributed by atoms with Crippen molar-refractivity contribution >= 4 is 17.2 Å². The first-order chi connectivity index (χ1) is 8.03. The summed E-state index contributed by atoms with van der Waals surface area (Å²) in [6.45, 7) is 0. The van der Waals surface area contributed by atoms with Crippen molar-refractivity contribution in [2.75, 3.05) is 0 Å². The van der Waals surface area contributed by atoms with Gasteiger partial charge in [-0.25, -0.2) is 18.3 Å². The fourth-order valence-electron chi connectivity index (χ4n) is 2.25. The Labute approximate surface area is 101 Å². The molecule has 3 rings (SSSR count). The summed E-state index contributed by atoms with van der Waals surface area (Å²) in [5.74, 6) is -2.46. The maximum atomic E-state index is 12.7. The predicted octanol–water partition coefficient (Wildman–Crippen LogP) is 2.97. The largest absolute Gasteiger partial charge is 0.248 e. The van der Waals surface area contributed by atoms with Gasteiger partial charge in [-0.2, -0.15) is 5.10 Å². The van der Waals surface area contributed by atoms with Crippen LogP contribution in [0.3, 0.4) is 0 Å². The molecule has 0 bridgehead atoms. The standard InChI is InChI=1S/C11H10ClF2N3/c12-9-4-8(3-7-5-11(13,14)6-7)16-10-1-2-15-17(9)10/h1-2,4,7H,3,5-6H2. The maximum absolute atomic E-state index is 12.7. The molecule has 0 aliphatic heterocycles. The van der Waals surface area contributed by atoms with Crippen LogP contribution < -0.4 is 0 Å². The predicted molar refractivity (Wildman–Crippen MR) is 59.4 cm³/mol. The first-order valence-electron chi connectivity index (χ1n) is 5.40. The second-order valence-corrected chi connectivity index (χ2v) is 4.89. The molecule has 0 radical (unpaired) electrons. The van der Waals surface area contributed by atoms with Crippen LogP contribution in [0.25, 0.3) is 5.65 Å². The Morgan fingerprint density at radius 1 is 1.47 bits per heavy atom. The summed E-state index contributed by atoms with van der Waals surface area (Å²) in [5, 5.41) is 4.46. The van der Waals surface area contributed by atoms with Crippen LogP contribution in [-0.2, 0) is 6.42 Å². The van der Waals surface area contributed by atoms with Crippen LogP contribution in [0.2, 0.25) is 5.15 Å². The van der Waals surface area contributed by atoms with E-state index in [1.54, 1.807) is 18.3 Å². The molecule has 1 fully saturated rings. The van der Waals surface area contributed by atoms with Crippen LogP contribution in [0.1, 0.15) is 18.5 Å². The minimum Gasteiger partial charge on any atom is -0.233 e. The van der Waals surface area contributed by atoms with Gasteiger partial charge in [-0.15, -0.1) is 0 Å². The minimum absolute atomic E-state index is 0.0129. The molecule has 17 heavy (non-hydrogen) atoms. The number of halogens is 3. The molecule has 6 heteroatoms. The lowest BCUT2D eigenvalue weighted by atomic mass is 9.78. The van der Waals surface area contributed by atoms with Gasteiger partial charge in [-0.1, -0.05) is 11.6 Å². The highest BCUT2D eigenvalue weighted by Gasteiger charge is 2.45. The molecule has 1 saturated carbocycles. The van der Waals surface area contributed by atoms with Crippen molar-refractivity contribution in [3.8, 4) is 0 Å². The summed E-state index contributed by atoms with van der Waals surface area (Å²) in [5.41, 5.74) is 1.40. The van der Waals surface area contributed by atoms with Gasteiger partial charge in [0, 0.05) is 24.6 Å². The number of nitrogens with zero attached hydrogens (tertiary/aromatic N) is 3. The molecule has 1 aliphatic carbocycles. The molecular formula is C11H10ClF2N3. The molecule has 3 nitrogen and oxygen atoms in total. The Kier molecular flexibility index (Phi) is 2.33. The number of rotatable bonds is 2. The van der Waals surface area contributed by atoms with Gasteiger partial charge >= 0.3 is 0 Å². The number of alkyl halides is 2. The van der Waals surface area contributed by atoms with Crippen LogP contribution in [-0.4, -0.2) is 20.5 Å². The summed E-state index contributed by atoms with van der Waals surface area (Å²) >= 11 is 6.02. The minimum atomic E-state index is -2.48.